The standard InChI is InChI=1S/C21H27F3INO6/c1-20(2,3)32-19(29)26(4)17(12-7-8-16(30-5)14(25)9-12)15(27)10-13(18(28)31-6)11-21(22,23)24/h7-9,13,17H,10-11H2,1-6H3/t13?,17-/m0/s1. The molecule has 0 N–H and O–H groups in total. The Morgan fingerprint density at radius 1 is 1.12 bits per heavy atom. The summed E-state index contributed by atoms with van der Waals surface area (Å²) in [6, 6.07) is 3.40. The lowest BCUT2D eigenvalue weighted by atomic mass is 9.91. The maximum Gasteiger partial charge on any atom is 0.410 e. The maximum absolute atomic E-state index is 13.2. The smallest absolute Gasteiger partial charge is 0.410 e. The fourth-order valence-electron chi connectivity index (χ4n) is 2.96. The van der Waals surface area contributed by atoms with Crippen LogP contribution in [-0.4, -0.2) is 55.8 Å². The first-order chi connectivity index (χ1) is 14.6. The van der Waals surface area contributed by atoms with Crippen LogP contribution in [0, 0.1) is 9.49 Å². The van der Waals surface area contributed by atoms with E-state index >= 15 is 0 Å². The Morgan fingerprint density at radius 3 is 2.16 bits per heavy atom. The minimum Gasteiger partial charge on any atom is -0.496 e. The monoisotopic (exact) mass is 573 g/mol. The number of nitrogens with zero attached hydrogens (tertiary/aromatic N) is 1. The molecule has 0 heterocycles. The van der Waals surface area contributed by atoms with Crippen molar-refractivity contribution < 1.29 is 41.8 Å². The molecule has 0 aliphatic heterocycles. The highest BCUT2D eigenvalue weighted by Crippen LogP contribution is 2.33. The quantitative estimate of drug-likeness (QED) is 0.325. The zero-order chi connectivity index (χ0) is 24.9. The fourth-order valence-corrected chi connectivity index (χ4v) is 3.72. The van der Waals surface area contributed by atoms with Crippen molar-refractivity contribution in [2.75, 3.05) is 21.3 Å². The van der Waals surface area contributed by atoms with Gasteiger partial charge in [0.05, 0.1) is 30.1 Å². The molecule has 0 saturated carbocycles. The van der Waals surface area contributed by atoms with Crippen molar-refractivity contribution in [2.24, 2.45) is 5.92 Å². The lowest BCUT2D eigenvalue weighted by molar-refractivity contribution is -0.167. The number of halogens is 4. The first-order valence-electron chi connectivity index (χ1n) is 9.56. The number of carbonyl (C=O) groups excluding carboxylic acids is 3. The molecule has 0 fully saturated rings. The molecule has 0 aliphatic rings. The third-order valence-electron chi connectivity index (χ3n) is 4.33. The normalized spacial score (nSPS) is 13.7. The third-order valence-corrected chi connectivity index (χ3v) is 5.17. The summed E-state index contributed by atoms with van der Waals surface area (Å²) in [6.45, 7) is 4.92. The van der Waals surface area contributed by atoms with Gasteiger partial charge >= 0.3 is 18.2 Å². The number of Topliss-reactive ketones (excluding diaryl/α,β-unsaturated/α-hetero) is 1. The van der Waals surface area contributed by atoms with Crippen LogP contribution in [-0.2, 0) is 19.1 Å². The molecule has 1 unspecified atom stereocenters. The largest absolute Gasteiger partial charge is 0.496 e. The number of hydrogen-bond acceptors (Lipinski definition) is 6. The molecule has 1 aromatic carbocycles. The third kappa shape index (κ3) is 8.47. The fraction of sp³-hybridized carbons (Fsp3) is 0.571. The Balaban J connectivity index is 3.37. The summed E-state index contributed by atoms with van der Waals surface area (Å²) in [7, 11) is 3.72. The molecule has 11 heteroatoms. The molecule has 0 saturated heterocycles. The van der Waals surface area contributed by atoms with E-state index in [9.17, 15) is 27.6 Å². The lowest BCUT2D eigenvalue weighted by Crippen LogP contribution is -2.40. The van der Waals surface area contributed by atoms with Crippen molar-refractivity contribution in [3.05, 3.63) is 27.3 Å². The van der Waals surface area contributed by atoms with Crippen molar-refractivity contribution in [3.8, 4) is 5.75 Å². The van der Waals surface area contributed by atoms with Crippen LogP contribution in [0.5, 0.6) is 5.75 Å². The van der Waals surface area contributed by atoms with Gasteiger partial charge < -0.3 is 14.2 Å². The van der Waals surface area contributed by atoms with Gasteiger partial charge in [-0.15, -0.1) is 0 Å². The number of ether oxygens (including phenoxy) is 3. The summed E-state index contributed by atoms with van der Waals surface area (Å²) < 4.78 is 54.5. The van der Waals surface area contributed by atoms with Crippen LogP contribution in [0.3, 0.4) is 0 Å². The van der Waals surface area contributed by atoms with Gasteiger partial charge in [0.15, 0.2) is 5.78 Å². The summed E-state index contributed by atoms with van der Waals surface area (Å²) in [4.78, 5) is 38.7. The Kier molecular flexibility index (Phi) is 9.79. The van der Waals surface area contributed by atoms with Crippen molar-refractivity contribution in [1.82, 2.24) is 4.90 Å². The van der Waals surface area contributed by atoms with Gasteiger partial charge in [-0.3, -0.25) is 14.5 Å². The van der Waals surface area contributed by atoms with E-state index in [1.807, 2.05) is 22.6 Å². The number of likely N-dealkylation sites (N-methyl/N-ethyl adjacent to an activating group) is 1. The van der Waals surface area contributed by atoms with Crippen LogP contribution in [0.4, 0.5) is 18.0 Å². The average molecular weight is 573 g/mol. The molecule has 7 nitrogen and oxygen atoms in total. The van der Waals surface area contributed by atoms with E-state index in [2.05, 4.69) is 4.74 Å². The molecule has 0 radical (unpaired) electrons. The van der Waals surface area contributed by atoms with Crippen molar-refractivity contribution >= 4 is 40.4 Å². The average Bonchev–Trinajstić information content (AvgIpc) is 2.64. The molecule has 0 spiro atoms. The highest BCUT2D eigenvalue weighted by atomic mass is 127. The SMILES string of the molecule is COC(=O)C(CC(=O)[C@H](c1ccc(OC)c(I)c1)N(C)C(=O)OC(C)(C)C)CC(F)(F)F. The molecular weight excluding hydrogens is 546 g/mol. The molecule has 0 bridgehead atoms. The molecule has 2 atom stereocenters. The molecule has 0 aliphatic carbocycles. The van der Waals surface area contributed by atoms with E-state index in [4.69, 9.17) is 9.47 Å². The van der Waals surface area contributed by atoms with E-state index in [1.165, 1.54) is 20.2 Å². The Hall–Kier alpha value is -2.05. The van der Waals surface area contributed by atoms with Gasteiger partial charge in [0.1, 0.15) is 17.4 Å². The number of carbonyl (C=O) groups is 3. The lowest BCUT2D eigenvalue weighted by Gasteiger charge is -2.31. The molecule has 180 valence electrons. The second-order valence-electron chi connectivity index (χ2n) is 8.10. The van der Waals surface area contributed by atoms with Gasteiger partial charge in [-0.05, 0) is 61.1 Å². The molecule has 1 rings (SSSR count). The molecule has 32 heavy (non-hydrogen) atoms. The Labute approximate surface area is 198 Å². The summed E-state index contributed by atoms with van der Waals surface area (Å²) >= 11 is 1.97. The first-order valence-corrected chi connectivity index (χ1v) is 10.6. The number of benzene rings is 1. The van der Waals surface area contributed by atoms with E-state index in [0.29, 0.717) is 14.9 Å². The molecule has 1 aromatic rings. The highest BCUT2D eigenvalue weighted by Gasteiger charge is 2.40. The number of methoxy groups -OCH3 is 2. The van der Waals surface area contributed by atoms with Crippen LogP contribution in [0.2, 0.25) is 0 Å². The second-order valence-corrected chi connectivity index (χ2v) is 9.26. The van der Waals surface area contributed by atoms with Gasteiger partial charge in [0, 0.05) is 13.5 Å². The van der Waals surface area contributed by atoms with Gasteiger partial charge in [0.25, 0.3) is 0 Å². The Bertz CT molecular complexity index is 838. The number of amides is 1. The van der Waals surface area contributed by atoms with Crippen LogP contribution < -0.4 is 4.74 Å². The number of ketones is 1. The predicted molar refractivity (Wildman–Crippen MR) is 118 cm³/mol. The van der Waals surface area contributed by atoms with E-state index in [-0.39, 0.29) is 0 Å². The summed E-state index contributed by atoms with van der Waals surface area (Å²) in [5.74, 6) is -3.14. The van der Waals surface area contributed by atoms with Crippen LogP contribution in [0.15, 0.2) is 18.2 Å². The van der Waals surface area contributed by atoms with Crippen molar-refractivity contribution in [2.45, 2.75) is 51.4 Å². The number of rotatable bonds is 8. The topological polar surface area (TPSA) is 82.1 Å². The van der Waals surface area contributed by atoms with Crippen LogP contribution >= 0.6 is 22.6 Å². The zero-order valence-corrected chi connectivity index (χ0v) is 20.9. The summed E-state index contributed by atoms with van der Waals surface area (Å²) in [5.41, 5.74) is -0.526. The summed E-state index contributed by atoms with van der Waals surface area (Å²) in [5, 5.41) is 0. The number of esters is 1. The van der Waals surface area contributed by atoms with Crippen molar-refractivity contribution in [1.29, 1.82) is 0 Å². The first kappa shape index (κ1) is 28.0. The molecule has 0 aromatic heterocycles. The van der Waals surface area contributed by atoms with E-state index in [0.717, 1.165) is 12.0 Å². The minimum atomic E-state index is -4.68. The van der Waals surface area contributed by atoms with E-state index < -0.39 is 54.4 Å². The number of hydrogen-bond donors (Lipinski definition) is 0. The minimum absolute atomic E-state index is 0.337. The van der Waals surface area contributed by atoms with Crippen molar-refractivity contribution in [3.63, 3.8) is 0 Å². The van der Waals surface area contributed by atoms with Gasteiger partial charge in [-0.1, -0.05) is 6.07 Å². The zero-order valence-electron chi connectivity index (χ0n) is 18.7. The molecular formula is C21H27F3INO6. The Morgan fingerprint density at radius 2 is 1.72 bits per heavy atom. The van der Waals surface area contributed by atoms with Crippen LogP contribution in [0.1, 0.15) is 45.2 Å². The van der Waals surface area contributed by atoms with Gasteiger partial charge in [-0.2, -0.15) is 13.2 Å². The predicted octanol–water partition coefficient (Wildman–Crippen LogP) is 4.91. The van der Waals surface area contributed by atoms with Gasteiger partial charge in [-0.25, -0.2) is 4.79 Å². The molecule has 1 amide bonds. The van der Waals surface area contributed by atoms with Crippen LogP contribution in [0.25, 0.3) is 0 Å². The second kappa shape index (κ2) is 11.2. The highest BCUT2D eigenvalue weighted by molar-refractivity contribution is 14.1. The van der Waals surface area contributed by atoms with Gasteiger partial charge in [0.2, 0.25) is 0 Å². The summed E-state index contributed by atoms with van der Waals surface area (Å²) in [6.07, 6.45) is -7.81. The van der Waals surface area contributed by atoms with E-state index in [1.54, 1.807) is 32.9 Å². The number of alkyl halides is 3. The maximum atomic E-state index is 13.2.